The van der Waals surface area contributed by atoms with E-state index in [1.54, 1.807) is 13.8 Å². The van der Waals surface area contributed by atoms with E-state index in [1.165, 1.54) is 7.11 Å². The van der Waals surface area contributed by atoms with Crippen molar-refractivity contribution in [3.63, 3.8) is 0 Å². The molecule has 0 spiro atoms. The monoisotopic (exact) mass is 172 g/mol. The summed E-state index contributed by atoms with van der Waals surface area (Å²) in [5, 5.41) is 9.64. The molecule has 0 aromatic heterocycles. The smallest absolute Gasteiger partial charge is 0.193 e. The first-order chi connectivity index (χ1) is 5.56. The summed E-state index contributed by atoms with van der Waals surface area (Å²) in [7, 11) is 1.52. The van der Waals surface area contributed by atoms with Crippen molar-refractivity contribution in [2.24, 2.45) is 0 Å². The van der Waals surface area contributed by atoms with E-state index >= 15 is 0 Å². The van der Waals surface area contributed by atoms with Gasteiger partial charge in [-0.3, -0.25) is 0 Å². The summed E-state index contributed by atoms with van der Waals surface area (Å²) in [5.41, 5.74) is -0.691. The zero-order valence-corrected chi connectivity index (χ0v) is 7.33. The molecule has 2 aliphatic heterocycles. The van der Waals surface area contributed by atoms with E-state index in [0.29, 0.717) is 5.76 Å². The minimum atomic E-state index is -0.691. The molecule has 12 heavy (non-hydrogen) atoms. The number of rotatable bonds is 1. The Morgan fingerprint density at radius 3 is 2.75 bits per heavy atom. The van der Waals surface area contributed by atoms with E-state index in [2.05, 4.69) is 0 Å². The molecule has 2 rings (SSSR count). The van der Waals surface area contributed by atoms with Gasteiger partial charge < -0.3 is 19.3 Å². The molecular formula is C8H12O4. The van der Waals surface area contributed by atoms with Gasteiger partial charge in [0.1, 0.15) is 5.60 Å². The Balaban J connectivity index is 2.35. The van der Waals surface area contributed by atoms with E-state index in [9.17, 15) is 5.11 Å². The number of aliphatic hydroxyl groups excluding tert-OH is 1. The van der Waals surface area contributed by atoms with Crippen LogP contribution in [-0.4, -0.2) is 30.2 Å². The van der Waals surface area contributed by atoms with Gasteiger partial charge in [-0.1, -0.05) is 0 Å². The lowest BCUT2D eigenvalue weighted by atomic mass is 10.0. The molecule has 0 bridgehead atoms. The summed E-state index contributed by atoms with van der Waals surface area (Å²) in [6, 6.07) is 0. The highest BCUT2D eigenvalue weighted by Crippen LogP contribution is 2.43. The second-order valence-corrected chi connectivity index (χ2v) is 3.47. The van der Waals surface area contributed by atoms with Crippen LogP contribution in [0.3, 0.4) is 0 Å². The molecule has 2 aliphatic rings. The number of methoxy groups -OCH3 is 1. The van der Waals surface area contributed by atoms with Gasteiger partial charge in [-0.05, 0) is 13.8 Å². The number of aliphatic hydroxyl groups is 1. The van der Waals surface area contributed by atoms with Crippen molar-refractivity contribution < 1.29 is 19.3 Å². The van der Waals surface area contributed by atoms with Crippen LogP contribution in [0.2, 0.25) is 0 Å². The van der Waals surface area contributed by atoms with Crippen molar-refractivity contribution in [3.8, 4) is 0 Å². The average molecular weight is 172 g/mol. The van der Waals surface area contributed by atoms with Crippen LogP contribution in [0.25, 0.3) is 0 Å². The topological polar surface area (TPSA) is 51.2 Å². The van der Waals surface area contributed by atoms with Gasteiger partial charge >= 0.3 is 0 Å². The normalized spacial score (nSPS) is 37.6. The van der Waals surface area contributed by atoms with E-state index in [4.69, 9.17) is 14.2 Å². The highest BCUT2D eigenvalue weighted by Gasteiger charge is 2.55. The lowest BCUT2D eigenvalue weighted by molar-refractivity contribution is -0.0741. The van der Waals surface area contributed by atoms with Crippen molar-refractivity contribution >= 4 is 0 Å². The molecule has 0 amide bonds. The maximum Gasteiger partial charge on any atom is 0.193 e. The van der Waals surface area contributed by atoms with Crippen LogP contribution in [0.1, 0.15) is 13.8 Å². The fraction of sp³-hybridized carbons (Fsp3) is 0.750. The number of hydrogen-bond acceptors (Lipinski definition) is 4. The van der Waals surface area contributed by atoms with Crippen molar-refractivity contribution in [3.05, 3.63) is 11.5 Å². The second kappa shape index (κ2) is 2.14. The predicted octanol–water partition coefficient (Wildman–Crippen LogP) is 0.936. The average Bonchev–Trinajstić information content (AvgIpc) is 2.68. The minimum absolute atomic E-state index is 0.128. The molecule has 0 radical (unpaired) electrons. The molecule has 0 aromatic rings. The molecule has 0 saturated carbocycles. The van der Waals surface area contributed by atoms with Crippen LogP contribution < -0.4 is 0 Å². The molecule has 1 fully saturated rings. The van der Waals surface area contributed by atoms with Gasteiger partial charge in [-0.15, -0.1) is 0 Å². The number of epoxide rings is 1. The number of fused-ring (bicyclic) bond motifs is 1. The molecule has 4 nitrogen and oxygen atoms in total. The number of hydrogen-bond donors (Lipinski definition) is 1. The van der Waals surface area contributed by atoms with Gasteiger partial charge in [-0.2, -0.15) is 0 Å². The SMILES string of the molecule is COC1=C(O)C(C)(C)OC2O[C@H]12. The third kappa shape index (κ3) is 0.916. The summed E-state index contributed by atoms with van der Waals surface area (Å²) in [5.74, 6) is 0.625. The molecule has 2 atom stereocenters. The summed E-state index contributed by atoms with van der Waals surface area (Å²) in [4.78, 5) is 0. The molecule has 1 unspecified atom stereocenters. The van der Waals surface area contributed by atoms with Crippen molar-refractivity contribution in [1.29, 1.82) is 0 Å². The van der Waals surface area contributed by atoms with E-state index in [0.717, 1.165) is 0 Å². The summed E-state index contributed by atoms with van der Waals surface area (Å²) < 4.78 is 15.5. The molecule has 0 aromatic carbocycles. The van der Waals surface area contributed by atoms with Gasteiger partial charge in [-0.25, -0.2) is 0 Å². The highest BCUT2D eigenvalue weighted by molar-refractivity contribution is 5.23. The predicted molar refractivity (Wildman–Crippen MR) is 40.5 cm³/mol. The van der Waals surface area contributed by atoms with Gasteiger partial charge in [0.25, 0.3) is 0 Å². The Labute approximate surface area is 70.7 Å². The summed E-state index contributed by atoms with van der Waals surface area (Å²) in [6.07, 6.45) is -0.422. The van der Waals surface area contributed by atoms with Crippen LogP contribution >= 0.6 is 0 Å². The Bertz CT molecular complexity index is 243. The first kappa shape index (κ1) is 7.89. The van der Waals surface area contributed by atoms with Crippen LogP contribution in [0.4, 0.5) is 0 Å². The van der Waals surface area contributed by atoms with Crippen molar-refractivity contribution in [2.45, 2.75) is 31.8 Å². The summed E-state index contributed by atoms with van der Waals surface area (Å²) in [6.45, 7) is 3.55. The molecule has 2 heterocycles. The Kier molecular flexibility index (Phi) is 1.41. The highest BCUT2D eigenvalue weighted by atomic mass is 16.8. The first-order valence-electron chi connectivity index (χ1n) is 3.87. The van der Waals surface area contributed by atoms with Crippen molar-refractivity contribution in [1.82, 2.24) is 0 Å². The van der Waals surface area contributed by atoms with Crippen LogP contribution in [0.5, 0.6) is 0 Å². The van der Waals surface area contributed by atoms with E-state index in [1.807, 2.05) is 0 Å². The van der Waals surface area contributed by atoms with Gasteiger partial charge in [0, 0.05) is 0 Å². The van der Waals surface area contributed by atoms with Gasteiger partial charge in [0.15, 0.2) is 23.9 Å². The van der Waals surface area contributed by atoms with E-state index in [-0.39, 0.29) is 18.2 Å². The van der Waals surface area contributed by atoms with E-state index < -0.39 is 5.60 Å². The Morgan fingerprint density at radius 2 is 2.17 bits per heavy atom. The van der Waals surface area contributed by atoms with Crippen LogP contribution in [0.15, 0.2) is 11.5 Å². The third-order valence-corrected chi connectivity index (χ3v) is 2.14. The lowest BCUT2D eigenvalue weighted by Gasteiger charge is -2.27. The molecule has 1 N–H and O–H groups in total. The third-order valence-electron chi connectivity index (χ3n) is 2.14. The van der Waals surface area contributed by atoms with Gasteiger partial charge in [0.2, 0.25) is 0 Å². The molecular weight excluding hydrogens is 160 g/mol. The quantitative estimate of drug-likeness (QED) is 0.598. The fourth-order valence-electron chi connectivity index (χ4n) is 1.36. The zero-order valence-electron chi connectivity index (χ0n) is 7.33. The lowest BCUT2D eigenvalue weighted by Crippen LogP contribution is -2.35. The fourth-order valence-corrected chi connectivity index (χ4v) is 1.36. The molecule has 1 saturated heterocycles. The molecule has 4 heteroatoms. The first-order valence-corrected chi connectivity index (χ1v) is 3.87. The zero-order chi connectivity index (χ0) is 8.93. The van der Waals surface area contributed by atoms with Crippen molar-refractivity contribution in [2.75, 3.05) is 7.11 Å². The molecule has 68 valence electrons. The van der Waals surface area contributed by atoms with Crippen LogP contribution in [0, 0.1) is 0 Å². The Morgan fingerprint density at radius 1 is 1.50 bits per heavy atom. The standard InChI is InChI=1S/C8H12O4/c1-8(2)6(9)4(10-3)5-7(11-5)12-8/h5,7,9H,1-3H3/t5-,7?/m1/s1. The second-order valence-electron chi connectivity index (χ2n) is 3.47. The van der Waals surface area contributed by atoms with Crippen LogP contribution in [-0.2, 0) is 14.2 Å². The maximum atomic E-state index is 9.64. The minimum Gasteiger partial charge on any atom is -0.506 e. The largest absolute Gasteiger partial charge is 0.506 e. The number of ether oxygens (including phenoxy) is 3. The Hall–Kier alpha value is -0.740. The molecule has 0 aliphatic carbocycles. The van der Waals surface area contributed by atoms with Gasteiger partial charge in [0.05, 0.1) is 7.11 Å². The summed E-state index contributed by atoms with van der Waals surface area (Å²) >= 11 is 0. The maximum absolute atomic E-state index is 9.64.